The highest BCUT2D eigenvalue weighted by molar-refractivity contribution is 5.97. The van der Waals surface area contributed by atoms with Crippen molar-refractivity contribution >= 4 is 23.4 Å². The molecule has 3 aliphatic rings. The summed E-state index contributed by atoms with van der Waals surface area (Å²) < 4.78 is 1.77. The maximum Gasteiger partial charge on any atom is 0.257 e. The summed E-state index contributed by atoms with van der Waals surface area (Å²) >= 11 is 0. The van der Waals surface area contributed by atoms with Crippen molar-refractivity contribution in [3.63, 3.8) is 0 Å². The second-order valence-electron chi connectivity index (χ2n) is 13.8. The van der Waals surface area contributed by atoms with E-state index in [9.17, 15) is 14.4 Å². The van der Waals surface area contributed by atoms with Crippen LogP contribution in [0.1, 0.15) is 47.3 Å². The van der Waals surface area contributed by atoms with Crippen molar-refractivity contribution in [1.82, 2.24) is 19.6 Å². The molecular weight excluding hydrogens is 562 g/mol. The number of nitrogens with zero attached hydrogens (tertiary/aromatic N) is 4. The predicted octanol–water partition coefficient (Wildman–Crippen LogP) is 5.11. The van der Waals surface area contributed by atoms with E-state index < -0.39 is 11.3 Å². The lowest BCUT2D eigenvalue weighted by atomic mass is 9.71. The smallest absolute Gasteiger partial charge is 0.257 e. The Morgan fingerprint density at radius 2 is 1.47 bits per heavy atom. The largest absolute Gasteiger partial charge is 0.341 e. The molecule has 1 aromatic heterocycles. The molecule has 3 aromatic carbocycles. The number of nitrogens with one attached hydrogen (secondary N) is 1. The van der Waals surface area contributed by atoms with Gasteiger partial charge in [-0.25, -0.2) is 0 Å². The lowest BCUT2D eigenvalue weighted by Gasteiger charge is -2.50. The number of hydrogen-bond acceptors (Lipinski definition) is 4. The Morgan fingerprint density at radius 3 is 2.16 bits per heavy atom. The van der Waals surface area contributed by atoms with Crippen LogP contribution in [0.15, 0.2) is 97.3 Å². The highest BCUT2D eigenvalue weighted by atomic mass is 16.2. The van der Waals surface area contributed by atoms with Crippen molar-refractivity contribution in [3.8, 4) is 0 Å². The molecule has 7 rings (SSSR count). The second-order valence-corrected chi connectivity index (χ2v) is 13.8. The molecule has 4 aromatic rings. The second kappa shape index (κ2) is 11.3. The number of carbonyl (C=O) groups excluding carboxylic acids is 3. The molecule has 0 bridgehead atoms. The van der Waals surface area contributed by atoms with E-state index in [1.165, 1.54) is 5.56 Å². The summed E-state index contributed by atoms with van der Waals surface area (Å²) in [4.78, 5) is 44.6. The molecule has 2 atom stereocenters. The van der Waals surface area contributed by atoms with Gasteiger partial charge >= 0.3 is 0 Å². The first-order valence-corrected chi connectivity index (χ1v) is 15.8. The van der Waals surface area contributed by atoms with E-state index in [4.69, 9.17) is 0 Å². The molecule has 1 spiro atoms. The minimum absolute atomic E-state index is 0.0406. The molecule has 2 saturated heterocycles. The molecule has 230 valence electrons. The number of hydrogen-bond donors (Lipinski definition) is 1. The van der Waals surface area contributed by atoms with Crippen LogP contribution in [-0.4, -0.2) is 63.5 Å². The zero-order valence-corrected chi connectivity index (χ0v) is 25.9. The summed E-state index contributed by atoms with van der Waals surface area (Å²) in [5.74, 6) is -0.466. The van der Waals surface area contributed by atoms with Gasteiger partial charge in [-0.1, -0.05) is 86.6 Å². The zero-order chi connectivity index (χ0) is 31.2. The minimum Gasteiger partial charge on any atom is -0.341 e. The van der Waals surface area contributed by atoms with E-state index in [2.05, 4.69) is 42.5 Å². The van der Waals surface area contributed by atoms with Gasteiger partial charge in [0.05, 0.1) is 24.2 Å². The summed E-state index contributed by atoms with van der Waals surface area (Å²) in [6.45, 7) is 6.53. The first kappa shape index (κ1) is 29.0. The van der Waals surface area contributed by atoms with Crippen molar-refractivity contribution in [1.29, 1.82) is 0 Å². The monoisotopic (exact) mass is 601 g/mol. The predicted molar refractivity (Wildman–Crippen MR) is 172 cm³/mol. The van der Waals surface area contributed by atoms with Crippen LogP contribution in [0.2, 0.25) is 0 Å². The Hall–Kier alpha value is -4.72. The maximum atomic E-state index is 14.0. The van der Waals surface area contributed by atoms with Crippen LogP contribution in [0, 0.1) is 22.7 Å². The van der Waals surface area contributed by atoms with Crippen LogP contribution in [0.4, 0.5) is 5.69 Å². The number of rotatable bonds is 8. The lowest BCUT2D eigenvalue weighted by Crippen LogP contribution is -2.64. The molecule has 3 amide bonds. The Labute approximate surface area is 264 Å². The quantitative estimate of drug-likeness (QED) is 0.304. The first-order valence-electron chi connectivity index (χ1n) is 15.8. The summed E-state index contributed by atoms with van der Waals surface area (Å²) in [7, 11) is 0. The fourth-order valence-electron chi connectivity index (χ4n) is 7.12. The van der Waals surface area contributed by atoms with Crippen LogP contribution in [0.3, 0.4) is 0 Å². The normalized spacial score (nSPS) is 20.9. The van der Waals surface area contributed by atoms with Gasteiger partial charge in [0.1, 0.15) is 0 Å². The molecular formula is C37H39N5O3. The third-order valence-electron chi connectivity index (χ3n) is 9.90. The highest BCUT2D eigenvalue weighted by Crippen LogP contribution is 2.54. The minimum atomic E-state index is -0.476. The fraction of sp³-hybridized carbons (Fsp3) is 0.351. The Bertz CT molecular complexity index is 1720. The molecule has 2 aliphatic heterocycles. The van der Waals surface area contributed by atoms with E-state index in [1.807, 2.05) is 71.6 Å². The average Bonchev–Trinajstić information content (AvgIpc) is 3.33. The number of amides is 3. The first-order chi connectivity index (χ1) is 21.7. The number of likely N-dealkylation sites (tertiary alicyclic amines) is 2. The van der Waals surface area contributed by atoms with Crippen LogP contribution in [-0.2, 0) is 22.6 Å². The summed E-state index contributed by atoms with van der Waals surface area (Å²) in [5.41, 5.74) is 4.22. The molecule has 8 heteroatoms. The summed E-state index contributed by atoms with van der Waals surface area (Å²) in [6, 6.07) is 28.2. The molecule has 1 N–H and O–H groups in total. The van der Waals surface area contributed by atoms with Crippen LogP contribution < -0.4 is 5.32 Å². The molecule has 0 unspecified atom stereocenters. The summed E-state index contributed by atoms with van der Waals surface area (Å²) in [5, 5.41) is 7.59. The number of aromatic nitrogens is 2. The fourth-order valence-corrected chi connectivity index (χ4v) is 7.12. The molecule has 1 aliphatic carbocycles. The highest BCUT2D eigenvalue weighted by Gasteiger charge is 2.61. The van der Waals surface area contributed by atoms with E-state index in [1.54, 1.807) is 22.0 Å². The van der Waals surface area contributed by atoms with Crippen molar-refractivity contribution in [2.45, 2.75) is 33.2 Å². The van der Waals surface area contributed by atoms with Gasteiger partial charge < -0.3 is 15.1 Å². The molecule has 1 saturated carbocycles. The average molecular weight is 602 g/mol. The SMILES string of the molecule is CC1(C)C[C@@H]1C(=O)N1CC2(CN(C(=O)c3cnn(Cc4ccccc4)c3)C[C@@H]2C(=O)Nc2cccc(Cc3ccccc3)c2)C1. The van der Waals surface area contributed by atoms with Crippen molar-refractivity contribution in [2.24, 2.45) is 22.7 Å². The Kier molecular flexibility index (Phi) is 7.30. The van der Waals surface area contributed by atoms with Crippen LogP contribution in [0.5, 0.6) is 0 Å². The van der Waals surface area contributed by atoms with E-state index in [0.717, 1.165) is 29.7 Å². The summed E-state index contributed by atoms with van der Waals surface area (Å²) in [6.07, 6.45) is 5.05. The van der Waals surface area contributed by atoms with Crippen molar-refractivity contribution in [2.75, 3.05) is 31.5 Å². The van der Waals surface area contributed by atoms with E-state index >= 15 is 0 Å². The number of anilines is 1. The van der Waals surface area contributed by atoms with Crippen LogP contribution in [0.25, 0.3) is 0 Å². The Balaban J connectivity index is 1.08. The molecule has 45 heavy (non-hydrogen) atoms. The third kappa shape index (κ3) is 5.89. The third-order valence-corrected chi connectivity index (χ3v) is 9.90. The van der Waals surface area contributed by atoms with Gasteiger partial charge in [0.15, 0.2) is 0 Å². The lowest BCUT2D eigenvalue weighted by molar-refractivity contribution is -0.150. The number of benzene rings is 3. The molecule has 3 heterocycles. The number of carbonyl (C=O) groups is 3. The van der Waals surface area contributed by atoms with Gasteiger partial charge in [0.2, 0.25) is 11.8 Å². The van der Waals surface area contributed by atoms with Gasteiger partial charge in [0, 0.05) is 49.4 Å². The van der Waals surface area contributed by atoms with Gasteiger partial charge in [-0.2, -0.15) is 5.10 Å². The van der Waals surface area contributed by atoms with Crippen molar-refractivity contribution in [3.05, 3.63) is 120 Å². The van der Waals surface area contributed by atoms with Gasteiger partial charge in [-0.3, -0.25) is 19.1 Å². The molecule has 8 nitrogen and oxygen atoms in total. The standard InChI is InChI=1S/C37H39N5O3/c1-36(2)18-31(36)35(45)41-24-37(25-41)23-40(34(44)29-19-38-42(21-29)20-27-12-7-4-8-13-27)22-32(37)33(43)39-30-15-9-14-28(17-30)16-26-10-5-3-6-11-26/h3-15,17,19,21,31-32H,16,18,20,22-25H2,1-2H3,(H,39,43)/t31-,32-/m1/s1. The van der Waals surface area contributed by atoms with Gasteiger partial charge in [-0.05, 0) is 47.1 Å². The van der Waals surface area contributed by atoms with E-state index in [0.29, 0.717) is 38.3 Å². The van der Waals surface area contributed by atoms with Gasteiger partial charge in [0.25, 0.3) is 5.91 Å². The Morgan fingerprint density at radius 1 is 0.822 bits per heavy atom. The van der Waals surface area contributed by atoms with E-state index in [-0.39, 0.29) is 29.1 Å². The topological polar surface area (TPSA) is 87.5 Å². The molecule has 0 radical (unpaired) electrons. The van der Waals surface area contributed by atoms with Crippen LogP contribution >= 0.6 is 0 Å². The maximum absolute atomic E-state index is 14.0. The zero-order valence-electron chi connectivity index (χ0n) is 25.9. The molecule has 3 fully saturated rings. The van der Waals surface area contributed by atoms with Gasteiger partial charge in [-0.15, -0.1) is 0 Å². The van der Waals surface area contributed by atoms with Crippen molar-refractivity contribution < 1.29 is 14.4 Å².